The normalized spacial score (nSPS) is 47.8. The van der Waals surface area contributed by atoms with E-state index in [2.05, 4.69) is 10.6 Å². The van der Waals surface area contributed by atoms with E-state index >= 15 is 0 Å². The van der Waals surface area contributed by atoms with Crippen molar-refractivity contribution in [1.29, 1.82) is 0 Å². The van der Waals surface area contributed by atoms with E-state index in [0.29, 0.717) is 0 Å². The lowest BCUT2D eigenvalue weighted by molar-refractivity contribution is -0.375. The van der Waals surface area contributed by atoms with Crippen LogP contribution in [-0.2, 0) is 42.7 Å². The molecule has 0 bridgehead atoms. The zero-order valence-corrected chi connectivity index (χ0v) is 27.4. The third-order valence-corrected chi connectivity index (χ3v) is 9.01. The van der Waals surface area contributed by atoms with Crippen LogP contribution in [0.5, 0.6) is 0 Å². The van der Waals surface area contributed by atoms with Crippen LogP contribution in [0.3, 0.4) is 0 Å². The van der Waals surface area contributed by atoms with Gasteiger partial charge in [-0.1, -0.05) is 0 Å². The van der Waals surface area contributed by atoms with Crippen molar-refractivity contribution in [2.24, 2.45) is 0 Å². The van der Waals surface area contributed by atoms with Gasteiger partial charge >= 0.3 is 0 Å². The standard InChI is InChI=1S/C28H48N2O21/c1-7(35)29-13-18(40)22(49-27-20(42)19(41)15(37)9(3-31)46-27)12(6-34)48-26(13)51-24-17(39)11(5-33)47-28(21(24)43)50-23-14(30-8(2)36)25(44)45-10(4-32)16(23)38/h9-28,31-34,37-44H,3-6H2,1-2H3,(H,29,35)(H,30,36)/t9-,10-,11-,12-,13-,14-,15+,16+,17+,18-,19+,20-,21-,22-,23-,24+,25-,26+,27+,28+/m1/s1. The molecule has 23 nitrogen and oxygen atoms in total. The maximum absolute atomic E-state index is 12.2. The molecule has 0 unspecified atom stereocenters. The van der Waals surface area contributed by atoms with Crippen LogP contribution in [0.4, 0.5) is 0 Å². The lowest BCUT2D eigenvalue weighted by Crippen LogP contribution is -2.70. The number of hydrogen-bond acceptors (Lipinski definition) is 21. The highest BCUT2D eigenvalue weighted by Gasteiger charge is 2.55. The smallest absolute Gasteiger partial charge is 0.217 e. The summed E-state index contributed by atoms with van der Waals surface area (Å²) in [4.78, 5) is 24.1. The Labute approximate surface area is 289 Å². The number of amides is 2. The Morgan fingerprint density at radius 2 is 0.902 bits per heavy atom. The topological polar surface area (TPSA) is 366 Å². The molecule has 14 N–H and O–H groups in total. The molecule has 0 spiro atoms. The van der Waals surface area contributed by atoms with Gasteiger partial charge in [0.25, 0.3) is 0 Å². The van der Waals surface area contributed by atoms with Gasteiger partial charge in [0, 0.05) is 13.8 Å². The lowest BCUT2D eigenvalue weighted by atomic mass is 9.94. The van der Waals surface area contributed by atoms with Crippen molar-refractivity contribution in [1.82, 2.24) is 10.6 Å². The van der Waals surface area contributed by atoms with E-state index < -0.39 is 161 Å². The Bertz CT molecular complexity index is 1140. The van der Waals surface area contributed by atoms with Gasteiger partial charge in [0.1, 0.15) is 97.5 Å². The molecule has 0 radical (unpaired) electrons. The number of ether oxygens (including phenoxy) is 7. The first kappa shape index (κ1) is 41.9. The molecule has 20 atom stereocenters. The number of rotatable bonds is 12. The molecule has 0 aromatic heterocycles. The molecule has 4 rings (SSSR count). The third kappa shape index (κ3) is 9.11. The molecule has 4 fully saturated rings. The van der Waals surface area contributed by atoms with Gasteiger partial charge < -0.3 is 105 Å². The van der Waals surface area contributed by atoms with E-state index in [1.54, 1.807) is 0 Å². The van der Waals surface area contributed by atoms with Gasteiger partial charge in [-0.3, -0.25) is 9.59 Å². The minimum Gasteiger partial charge on any atom is -0.394 e. The average molecular weight is 749 g/mol. The monoisotopic (exact) mass is 748 g/mol. The molecule has 4 saturated heterocycles. The zero-order chi connectivity index (χ0) is 37.9. The lowest BCUT2D eigenvalue weighted by Gasteiger charge is -2.50. The molecule has 0 aromatic carbocycles. The highest BCUT2D eigenvalue weighted by atomic mass is 16.8. The van der Waals surface area contributed by atoms with Crippen molar-refractivity contribution >= 4 is 11.8 Å². The highest BCUT2D eigenvalue weighted by molar-refractivity contribution is 5.73. The zero-order valence-electron chi connectivity index (χ0n) is 27.4. The first-order valence-corrected chi connectivity index (χ1v) is 16.1. The molecule has 4 aliphatic heterocycles. The van der Waals surface area contributed by atoms with E-state index in [-0.39, 0.29) is 0 Å². The van der Waals surface area contributed by atoms with Crippen molar-refractivity contribution in [2.75, 3.05) is 26.4 Å². The molecule has 296 valence electrons. The van der Waals surface area contributed by atoms with E-state index in [1.807, 2.05) is 0 Å². The Balaban J connectivity index is 1.58. The summed E-state index contributed by atoms with van der Waals surface area (Å²) in [6.45, 7) is -1.29. The van der Waals surface area contributed by atoms with Crippen LogP contribution < -0.4 is 10.6 Å². The second-order valence-electron chi connectivity index (χ2n) is 12.6. The second-order valence-corrected chi connectivity index (χ2v) is 12.6. The molecule has 0 saturated carbocycles. The largest absolute Gasteiger partial charge is 0.394 e. The first-order valence-electron chi connectivity index (χ1n) is 16.1. The van der Waals surface area contributed by atoms with E-state index in [0.717, 1.165) is 13.8 Å². The van der Waals surface area contributed by atoms with Gasteiger partial charge in [0.15, 0.2) is 25.2 Å². The number of hydrogen-bond donors (Lipinski definition) is 14. The van der Waals surface area contributed by atoms with Gasteiger partial charge in [-0.15, -0.1) is 0 Å². The van der Waals surface area contributed by atoms with Gasteiger partial charge in [-0.25, -0.2) is 0 Å². The summed E-state index contributed by atoms with van der Waals surface area (Å²) in [6.07, 6.45) is -31.5. The minimum atomic E-state index is -2.05. The minimum absolute atomic E-state index is 0.690. The fraction of sp³-hybridized carbons (Fsp3) is 0.929. The van der Waals surface area contributed by atoms with Crippen molar-refractivity contribution in [3.63, 3.8) is 0 Å². The molecule has 4 aliphatic rings. The van der Waals surface area contributed by atoms with E-state index in [4.69, 9.17) is 33.2 Å². The molecule has 2 amide bonds. The summed E-state index contributed by atoms with van der Waals surface area (Å²) in [6, 6.07) is -3.11. The average Bonchev–Trinajstić information content (AvgIpc) is 3.09. The molecule has 23 heteroatoms. The van der Waals surface area contributed by atoms with Crippen molar-refractivity contribution in [3.05, 3.63) is 0 Å². The van der Waals surface area contributed by atoms with Crippen molar-refractivity contribution in [3.8, 4) is 0 Å². The number of nitrogens with one attached hydrogen (secondary N) is 2. The maximum atomic E-state index is 12.2. The Hall–Kier alpha value is -1.82. The number of aliphatic hydroxyl groups is 12. The Morgan fingerprint density at radius 1 is 0.471 bits per heavy atom. The predicted molar refractivity (Wildman–Crippen MR) is 157 cm³/mol. The van der Waals surface area contributed by atoms with E-state index in [9.17, 15) is 70.9 Å². The third-order valence-electron chi connectivity index (χ3n) is 9.01. The molecule has 51 heavy (non-hydrogen) atoms. The maximum Gasteiger partial charge on any atom is 0.217 e. The molecule has 0 aromatic rings. The second kappa shape index (κ2) is 18.0. The molecule has 0 aliphatic carbocycles. The van der Waals surface area contributed by atoms with Crippen LogP contribution in [0.25, 0.3) is 0 Å². The fourth-order valence-electron chi connectivity index (χ4n) is 6.35. The summed E-state index contributed by atoms with van der Waals surface area (Å²) in [5.74, 6) is -1.45. The number of carbonyl (C=O) groups excluding carboxylic acids is 2. The van der Waals surface area contributed by atoms with Crippen LogP contribution in [0.1, 0.15) is 13.8 Å². The van der Waals surface area contributed by atoms with Crippen LogP contribution in [-0.4, -0.2) is 222 Å². The molecular formula is C28H48N2O21. The van der Waals surface area contributed by atoms with Gasteiger partial charge in [0.05, 0.1) is 26.4 Å². The van der Waals surface area contributed by atoms with Gasteiger partial charge in [-0.2, -0.15) is 0 Å². The highest BCUT2D eigenvalue weighted by Crippen LogP contribution is 2.34. The van der Waals surface area contributed by atoms with Gasteiger partial charge in [-0.05, 0) is 0 Å². The summed E-state index contributed by atoms with van der Waals surface area (Å²) >= 11 is 0. The van der Waals surface area contributed by atoms with Crippen molar-refractivity contribution < 1.29 is 104 Å². The Morgan fingerprint density at radius 3 is 1.45 bits per heavy atom. The first-order chi connectivity index (χ1) is 24.1. The number of aliphatic hydroxyl groups excluding tert-OH is 12. The predicted octanol–water partition coefficient (Wildman–Crippen LogP) is -9.46. The van der Waals surface area contributed by atoms with E-state index in [1.165, 1.54) is 0 Å². The summed E-state index contributed by atoms with van der Waals surface area (Å²) in [7, 11) is 0. The van der Waals surface area contributed by atoms with Gasteiger partial charge in [0.2, 0.25) is 11.8 Å². The van der Waals surface area contributed by atoms with Crippen LogP contribution in [0, 0.1) is 0 Å². The Kier molecular flexibility index (Phi) is 14.8. The summed E-state index contributed by atoms with van der Waals surface area (Å²) in [5.41, 5.74) is 0. The van der Waals surface area contributed by atoms with Crippen molar-refractivity contribution in [2.45, 2.75) is 137 Å². The van der Waals surface area contributed by atoms with Crippen LogP contribution >= 0.6 is 0 Å². The molecule has 4 heterocycles. The van der Waals surface area contributed by atoms with Crippen LogP contribution in [0.15, 0.2) is 0 Å². The fourth-order valence-corrected chi connectivity index (χ4v) is 6.35. The summed E-state index contributed by atoms with van der Waals surface area (Å²) < 4.78 is 39.0. The molecular weight excluding hydrogens is 700 g/mol. The quantitative estimate of drug-likeness (QED) is 0.0881. The van der Waals surface area contributed by atoms with Crippen LogP contribution in [0.2, 0.25) is 0 Å². The SMILES string of the molecule is CC(=O)N[C@@H]1[C@@H](O[C@@H]2O[C@H](CO)[C@H](O)[C@H](O[C@@H]3O[C@H](CO)[C@@H](O[C@@H]4O[C@H](CO)[C@H](O)[C@H](O)[C@H]4O)[C@H](O)[C@H]3NC(C)=O)[C@H]2O)[C@@H](O)[C@@H](CO)O[C@H]1O. The summed E-state index contributed by atoms with van der Waals surface area (Å²) in [5, 5.41) is 130. The number of carbonyl (C=O) groups is 2.